The highest BCUT2D eigenvalue weighted by Crippen LogP contribution is 2.27. The first-order valence-corrected chi connectivity index (χ1v) is 9.65. The SMILES string of the molecule is CCn1cc(C(=O)NCCCO)c2cc(F)c(N3CCN(C)CC3)cc2c1=O. The molecule has 0 unspecified atom stereocenters. The van der Waals surface area contributed by atoms with Crippen molar-refractivity contribution >= 4 is 22.4 Å². The molecule has 1 saturated heterocycles. The summed E-state index contributed by atoms with van der Waals surface area (Å²) in [6.45, 7) is 5.53. The summed E-state index contributed by atoms with van der Waals surface area (Å²) in [5.41, 5.74) is 0.427. The molecular formula is C20H27FN4O3. The molecule has 1 amide bonds. The number of anilines is 1. The minimum Gasteiger partial charge on any atom is -0.396 e. The van der Waals surface area contributed by atoms with Crippen molar-refractivity contribution in [2.24, 2.45) is 0 Å². The Balaban J connectivity index is 2.08. The lowest BCUT2D eigenvalue weighted by atomic mass is 10.0. The number of amides is 1. The Kier molecular flexibility index (Phi) is 6.31. The molecule has 7 nitrogen and oxygen atoms in total. The number of rotatable bonds is 6. The van der Waals surface area contributed by atoms with Crippen molar-refractivity contribution in [1.29, 1.82) is 0 Å². The van der Waals surface area contributed by atoms with Crippen molar-refractivity contribution in [3.05, 3.63) is 40.1 Å². The number of likely N-dealkylation sites (N-methyl/N-ethyl adjacent to an activating group) is 1. The number of hydrogen-bond donors (Lipinski definition) is 2. The van der Waals surface area contributed by atoms with Crippen LogP contribution >= 0.6 is 0 Å². The fraction of sp³-hybridized carbons (Fsp3) is 0.500. The molecule has 152 valence electrons. The summed E-state index contributed by atoms with van der Waals surface area (Å²) in [5.74, 6) is -0.817. The van der Waals surface area contributed by atoms with E-state index in [9.17, 15) is 14.0 Å². The Hall–Kier alpha value is -2.45. The topological polar surface area (TPSA) is 77.8 Å². The number of aromatic nitrogens is 1. The molecule has 1 aromatic carbocycles. The van der Waals surface area contributed by atoms with Gasteiger partial charge in [-0.3, -0.25) is 9.59 Å². The Morgan fingerprint density at radius 3 is 2.57 bits per heavy atom. The zero-order valence-electron chi connectivity index (χ0n) is 16.4. The number of aryl methyl sites for hydroxylation is 1. The second-order valence-corrected chi connectivity index (χ2v) is 7.11. The molecule has 0 radical (unpaired) electrons. The number of nitrogens with one attached hydrogen (secondary N) is 1. The Bertz CT molecular complexity index is 920. The number of pyridine rings is 1. The maximum absolute atomic E-state index is 14.9. The van der Waals surface area contributed by atoms with Crippen LogP contribution < -0.4 is 15.8 Å². The van der Waals surface area contributed by atoms with E-state index in [0.29, 0.717) is 49.1 Å². The largest absolute Gasteiger partial charge is 0.396 e. The molecule has 0 bridgehead atoms. The lowest BCUT2D eigenvalue weighted by Crippen LogP contribution is -2.44. The van der Waals surface area contributed by atoms with Gasteiger partial charge in [0.15, 0.2) is 0 Å². The standard InChI is InChI=1S/C20H27FN4O3/c1-3-24-13-16(19(27)22-5-4-10-26)14-11-17(21)18(12-15(14)20(24)28)25-8-6-23(2)7-9-25/h11-13,26H,3-10H2,1-2H3,(H,22,27). The first-order chi connectivity index (χ1) is 13.5. The molecular weight excluding hydrogens is 363 g/mol. The van der Waals surface area contributed by atoms with Gasteiger partial charge in [0.1, 0.15) is 5.82 Å². The van der Waals surface area contributed by atoms with E-state index in [-0.39, 0.29) is 23.6 Å². The molecule has 2 N–H and O–H groups in total. The first-order valence-electron chi connectivity index (χ1n) is 9.65. The normalized spacial score (nSPS) is 15.2. The van der Waals surface area contributed by atoms with Crippen LogP contribution in [0.25, 0.3) is 10.8 Å². The summed E-state index contributed by atoms with van der Waals surface area (Å²) in [6.07, 6.45) is 1.91. The van der Waals surface area contributed by atoms with Crippen LogP contribution in [-0.4, -0.2) is 66.9 Å². The van der Waals surface area contributed by atoms with Crippen molar-refractivity contribution in [3.8, 4) is 0 Å². The van der Waals surface area contributed by atoms with Gasteiger partial charge >= 0.3 is 0 Å². The van der Waals surface area contributed by atoms with Crippen LogP contribution in [0, 0.1) is 5.82 Å². The highest BCUT2D eigenvalue weighted by molar-refractivity contribution is 6.07. The summed E-state index contributed by atoms with van der Waals surface area (Å²) in [7, 11) is 2.02. The molecule has 3 rings (SSSR count). The van der Waals surface area contributed by atoms with Crippen molar-refractivity contribution in [1.82, 2.24) is 14.8 Å². The van der Waals surface area contributed by atoms with Crippen molar-refractivity contribution < 1.29 is 14.3 Å². The fourth-order valence-electron chi connectivity index (χ4n) is 3.48. The third-order valence-electron chi connectivity index (χ3n) is 5.20. The highest BCUT2D eigenvalue weighted by atomic mass is 19.1. The Labute approximate surface area is 163 Å². The maximum atomic E-state index is 14.9. The number of carbonyl (C=O) groups is 1. The van der Waals surface area contributed by atoms with Gasteiger partial charge in [0, 0.05) is 57.5 Å². The van der Waals surface area contributed by atoms with E-state index >= 15 is 0 Å². The Morgan fingerprint density at radius 1 is 1.21 bits per heavy atom. The minimum absolute atomic E-state index is 0.0293. The lowest BCUT2D eigenvalue weighted by Gasteiger charge is -2.34. The molecule has 1 aliphatic rings. The molecule has 1 aliphatic heterocycles. The number of aliphatic hydroxyl groups is 1. The van der Waals surface area contributed by atoms with Gasteiger partial charge in [0.2, 0.25) is 0 Å². The molecule has 2 aromatic rings. The quantitative estimate of drug-likeness (QED) is 0.721. The van der Waals surface area contributed by atoms with Crippen molar-refractivity contribution in [2.75, 3.05) is 51.3 Å². The average molecular weight is 390 g/mol. The van der Waals surface area contributed by atoms with Crippen LogP contribution in [-0.2, 0) is 6.54 Å². The summed E-state index contributed by atoms with van der Waals surface area (Å²) >= 11 is 0. The summed E-state index contributed by atoms with van der Waals surface area (Å²) < 4.78 is 16.4. The van der Waals surface area contributed by atoms with E-state index < -0.39 is 5.82 Å². The Morgan fingerprint density at radius 2 is 1.93 bits per heavy atom. The van der Waals surface area contributed by atoms with Gasteiger partial charge in [-0.25, -0.2) is 4.39 Å². The van der Waals surface area contributed by atoms with E-state index in [4.69, 9.17) is 5.11 Å². The van der Waals surface area contributed by atoms with Gasteiger partial charge in [-0.1, -0.05) is 0 Å². The van der Waals surface area contributed by atoms with Crippen LogP contribution in [0.2, 0.25) is 0 Å². The molecule has 1 aromatic heterocycles. The molecule has 0 atom stereocenters. The summed E-state index contributed by atoms with van der Waals surface area (Å²) in [4.78, 5) is 29.6. The second kappa shape index (κ2) is 8.70. The van der Waals surface area contributed by atoms with Crippen LogP contribution in [0.5, 0.6) is 0 Å². The molecule has 0 spiro atoms. The summed E-state index contributed by atoms with van der Waals surface area (Å²) in [6, 6.07) is 2.88. The fourth-order valence-corrected chi connectivity index (χ4v) is 3.48. The monoisotopic (exact) mass is 390 g/mol. The second-order valence-electron chi connectivity index (χ2n) is 7.11. The zero-order valence-corrected chi connectivity index (χ0v) is 16.4. The van der Waals surface area contributed by atoms with E-state index in [1.165, 1.54) is 16.8 Å². The number of benzene rings is 1. The smallest absolute Gasteiger partial charge is 0.258 e. The van der Waals surface area contributed by atoms with Crippen LogP contribution in [0.4, 0.5) is 10.1 Å². The van der Waals surface area contributed by atoms with Crippen LogP contribution in [0.15, 0.2) is 23.1 Å². The number of hydrogen-bond acceptors (Lipinski definition) is 5. The van der Waals surface area contributed by atoms with Gasteiger partial charge < -0.3 is 24.8 Å². The zero-order chi connectivity index (χ0) is 20.3. The summed E-state index contributed by atoms with van der Waals surface area (Å²) in [5, 5.41) is 12.3. The van der Waals surface area contributed by atoms with Crippen molar-refractivity contribution in [2.45, 2.75) is 19.9 Å². The van der Waals surface area contributed by atoms with Gasteiger partial charge in [0.25, 0.3) is 11.5 Å². The van der Waals surface area contributed by atoms with Crippen LogP contribution in [0.1, 0.15) is 23.7 Å². The van der Waals surface area contributed by atoms with Gasteiger partial charge in [0.05, 0.1) is 16.6 Å². The predicted octanol–water partition coefficient (Wildman–Crippen LogP) is 1.02. The van der Waals surface area contributed by atoms with Crippen LogP contribution in [0.3, 0.4) is 0 Å². The molecule has 2 heterocycles. The highest BCUT2D eigenvalue weighted by Gasteiger charge is 2.21. The van der Waals surface area contributed by atoms with E-state index in [0.717, 1.165) is 13.1 Å². The van der Waals surface area contributed by atoms with E-state index in [1.54, 1.807) is 6.07 Å². The van der Waals surface area contributed by atoms with Gasteiger partial charge in [-0.2, -0.15) is 0 Å². The van der Waals surface area contributed by atoms with Crippen molar-refractivity contribution in [3.63, 3.8) is 0 Å². The number of halogens is 1. The lowest BCUT2D eigenvalue weighted by molar-refractivity contribution is 0.0952. The molecule has 1 fully saturated rings. The third-order valence-corrected chi connectivity index (χ3v) is 5.20. The maximum Gasteiger partial charge on any atom is 0.258 e. The number of nitrogens with zero attached hydrogens (tertiary/aromatic N) is 3. The number of piperazine rings is 1. The van der Waals surface area contributed by atoms with E-state index in [2.05, 4.69) is 10.2 Å². The minimum atomic E-state index is -0.435. The average Bonchev–Trinajstić information content (AvgIpc) is 2.69. The van der Waals surface area contributed by atoms with E-state index in [1.807, 2.05) is 18.9 Å². The predicted molar refractivity (Wildman–Crippen MR) is 108 cm³/mol. The molecule has 0 aliphatic carbocycles. The first kappa shape index (κ1) is 20.3. The molecule has 28 heavy (non-hydrogen) atoms. The number of fused-ring (bicyclic) bond motifs is 1. The van der Waals surface area contributed by atoms with Gasteiger partial charge in [-0.15, -0.1) is 0 Å². The van der Waals surface area contributed by atoms with Gasteiger partial charge in [-0.05, 0) is 32.5 Å². The number of aliphatic hydroxyl groups excluding tert-OH is 1. The third kappa shape index (κ3) is 4.02. The number of carbonyl (C=O) groups excluding carboxylic acids is 1. The molecule has 0 saturated carbocycles. The molecule has 8 heteroatoms.